The normalized spacial score (nSPS) is 17.5. The summed E-state index contributed by atoms with van der Waals surface area (Å²) in [5.74, 6) is 0. The van der Waals surface area contributed by atoms with Crippen LogP contribution in [0.3, 0.4) is 0 Å². The number of nitrogens with one attached hydrogen (secondary N) is 1. The number of nitrogens with zero attached hydrogens (tertiary/aromatic N) is 1. The fourth-order valence-electron chi connectivity index (χ4n) is 3.33. The molecule has 0 aliphatic carbocycles. The molecule has 1 aliphatic heterocycles. The van der Waals surface area contributed by atoms with Crippen LogP contribution in [0.15, 0.2) is 46.0 Å². The molecular formula is C19H26N2O2S2. The highest BCUT2D eigenvalue weighted by Gasteiger charge is 2.25. The number of rotatable bonds is 7. The Hall–Kier alpha value is -1.21. The first-order valence-corrected chi connectivity index (χ1v) is 11.4. The van der Waals surface area contributed by atoms with E-state index in [1.54, 1.807) is 23.5 Å². The second-order valence-corrected chi connectivity index (χ2v) is 9.07. The van der Waals surface area contributed by atoms with Crippen LogP contribution < -0.4 is 4.72 Å². The first kappa shape index (κ1) is 18.6. The highest BCUT2D eigenvalue weighted by Crippen LogP contribution is 2.26. The zero-order chi connectivity index (χ0) is 17.7. The van der Waals surface area contributed by atoms with Crippen molar-refractivity contribution in [2.45, 2.75) is 43.5 Å². The van der Waals surface area contributed by atoms with Crippen molar-refractivity contribution in [1.82, 2.24) is 9.62 Å². The summed E-state index contributed by atoms with van der Waals surface area (Å²) in [7, 11) is -3.48. The second kappa shape index (κ2) is 8.45. The predicted molar refractivity (Wildman–Crippen MR) is 103 cm³/mol. The van der Waals surface area contributed by atoms with Crippen molar-refractivity contribution in [3.63, 3.8) is 0 Å². The highest BCUT2D eigenvalue weighted by molar-refractivity contribution is 7.89. The molecule has 0 radical (unpaired) electrons. The molecule has 0 bridgehead atoms. The molecule has 3 rings (SSSR count). The van der Waals surface area contributed by atoms with Crippen molar-refractivity contribution in [2.24, 2.45) is 0 Å². The largest absolute Gasteiger partial charge is 0.295 e. The molecule has 1 atom stereocenters. The Bertz CT molecular complexity index is 749. The quantitative estimate of drug-likeness (QED) is 0.797. The van der Waals surface area contributed by atoms with E-state index in [0.29, 0.717) is 11.4 Å². The minimum atomic E-state index is -3.48. The molecule has 0 saturated carbocycles. The van der Waals surface area contributed by atoms with Crippen LogP contribution in [0.25, 0.3) is 0 Å². The lowest BCUT2D eigenvalue weighted by Crippen LogP contribution is -2.40. The molecule has 25 heavy (non-hydrogen) atoms. The first-order valence-electron chi connectivity index (χ1n) is 8.95. The van der Waals surface area contributed by atoms with Gasteiger partial charge in [0.2, 0.25) is 10.0 Å². The number of likely N-dealkylation sites (tertiary alicyclic amines) is 1. The first-order chi connectivity index (χ1) is 12.1. The van der Waals surface area contributed by atoms with Crippen LogP contribution in [-0.2, 0) is 16.4 Å². The van der Waals surface area contributed by atoms with Gasteiger partial charge in [-0.05, 0) is 72.4 Å². The van der Waals surface area contributed by atoms with Gasteiger partial charge in [0.05, 0.1) is 4.90 Å². The smallest absolute Gasteiger partial charge is 0.240 e. The van der Waals surface area contributed by atoms with Gasteiger partial charge in [0.1, 0.15) is 0 Å². The summed E-state index contributed by atoms with van der Waals surface area (Å²) >= 11 is 1.66. The van der Waals surface area contributed by atoms with Crippen molar-refractivity contribution in [1.29, 1.82) is 0 Å². The summed E-state index contributed by atoms with van der Waals surface area (Å²) in [5.41, 5.74) is 2.35. The van der Waals surface area contributed by atoms with Crippen LogP contribution in [-0.4, -0.2) is 33.0 Å². The topological polar surface area (TPSA) is 49.4 Å². The van der Waals surface area contributed by atoms with Gasteiger partial charge in [-0.3, -0.25) is 4.90 Å². The van der Waals surface area contributed by atoms with Gasteiger partial charge in [-0.25, -0.2) is 13.1 Å². The molecule has 1 unspecified atom stereocenters. The molecule has 1 N–H and O–H groups in total. The number of aryl methyl sites for hydroxylation is 1. The number of hydrogen-bond donors (Lipinski definition) is 1. The molecule has 1 aromatic heterocycles. The molecular weight excluding hydrogens is 352 g/mol. The van der Waals surface area contributed by atoms with Crippen LogP contribution in [0.5, 0.6) is 0 Å². The van der Waals surface area contributed by atoms with E-state index in [4.69, 9.17) is 0 Å². The van der Waals surface area contributed by atoms with Crippen molar-refractivity contribution in [3.8, 4) is 0 Å². The Kier molecular flexibility index (Phi) is 6.28. The highest BCUT2D eigenvalue weighted by atomic mass is 32.2. The Morgan fingerprint density at radius 3 is 2.44 bits per heavy atom. The number of hydrogen-bond acceptors (Lipinski definition) is 4. The van der Waals surface area contributed by atoms with Crippen molar-refractivity contribution in [3.05, 3.63) is 52.2 Å². The maximum Gasteiger partial charge on any atom is 0.240 e. The summed E-state index contributed by atoms with van der Waals surface area (Å²) in [5, 5.41) is 4.19. The standard InChI is InChI=1S/C19H26N2O2S2/c1-2-16-6-8-18(9-7-16)25(22,23)20-14-19(17-10-13-24-15-17)21-11-4-3-5-12-21/h6-10,13,15,19-20H,2-5,11-12,14H2,1H3. The van der Waals surface area contributed by atoms with Gasteiger partial charge in [-0.1, -0.05) is 25.5 Å². The number of benzene rings is 1. The monoisotopic (exact) mass is 378 g/mol. The average Bonchev–Trinajstić information content (AvgIpc) is 3.17. The van der Waals surface area contributed by atoms with Crippen molar-refractivity contribution < 1.29 is 8.42 Å². The average molecular weight is 379 g/mol. The number of thiophene rings is 1. The van der Waals surface area contributed by atoms with E-state index in [1.165, 1.54) is 24.8 Å². The van der Waals surface area contributed by atoms with Gasteiger partial charge < -0.3 is 0 Å². The summed E-state index contributed by atoms with van der Waals surface area (Å²) in [6, 6.07) is 9.37. The lowest BCUT2D eigenvalue weighted by atomic mass is 10.0. The molecule has 1 aliphatic rings. The molecule has 0 amide bonds. The molecule has 1 fully saturated rings. The summed E-state index contributed by atoms with van der Waals surface area (Å²) in [6.45, 7) is 4.54. The lowest BCUT2D eigenvalue weighted by molar-refractivity contribution is 0.165. The van der Waals surface area contributed by atoms with Gasteiger partial charge in [0.15, 0.2) is 0 Å². The van der Waals surface area contributed by atoms with Crippen LogP contribution in [0, 0.1) is 0 Å². The third-order valence-corrected chi connectivity index (χ3v) is 7.01. The molecule has 6 heteroatoms. The van der Waals surface area contributed by atoms with E-state index in [0.717, 1.165) is 25.1 Å². The molecule has 136 valence electrons. The molecule has 2 aromatic rings. The van der Waals surface area contributed by atoms with Crippen LogP contribution in [0.1, 0.15) is 43.4 Å². The fraction of sp³-hybridized carbons (Fsp3) is 0.474. The Balaban J connectivity index is 1.73. The minimum absolute atomic E-state index is 0.108. The van der Waals surface area contributed by atoms with Gasteiger partial charge >= 0.3 is 0 Å². The zero-order valence-corrected chi connectivity index (χ0v) is 16.3. The van der Waals surface area contributed by atoms with Crippen LogP contribution in [0.4, 0.5) is 0 Å². The predicted octanol–water partition coefficient (Wildman–Crippen LogP) is 3.82. The Morgan fingerprint density at radius 1 is 1.12 bits per heavy atom. The van der Waals surface area contributed by atoms with E-state index in [-0.39, 0.29) is 6.04 Å². The maximum absolute atomic E-state index is 12.7. The molecule has 2 heterocycles. The third-order valence-electron chi connectivity index (χ3n) is 4.87. The lowest BCUT2D eigenvalue weighted by Gasteiger charge is -2.34. The second-order valence-electron chi connectivity index (χ2n) is 6.52. The van der Waals surface area contributed by atoms with E-state index in [9.17, 15) is 8.42 Å². The molecule has 4 nitrogen and oxygen atoms in total. The van der Waals surface area contributed by atoms with Crippen molar-refractivity contribution in [2.75, 3.05) is 19.6 Å². The zero-order valence-electron chi connectivity index (χ0n) is 14.6. The van der Waals surface area contributed by atoms with Gasteiger partial charge in [-0.15, -0.1) is 0 Å². The summed E-state index contributed by atoms with van der Waals surface area (Å²) in [6.07, 6.45) is 4.54. The van der Waals surface area contributed by atoms with Gasteiger partial charge in [0.25, 0.3) is 0 Å². The molecule has 0 spiro atoms. The SMILES string of the molecule is CCc1ccc(S(=O)(=O)NCC(c2ccsc2)N2CCCCC2)cc1. The molecule has 1 saturated heterocycles. The van der Waals surface area contributed by atoms with Gasteiger partial charge in [-0.2, -0.15) is 11.3 Å². The maximum atomic E-state index is 12.7. The van der Waals surface area contributed by atoms with E-state index >= 15 is 0 Å². The summed E-state index contributed by atoms with van der Waals surface area (Å²) < 4.78 is 28.2. The number of piperidine rings is 1. The van der Waals surface area contributed by atoms with E-state index in [1.807, 2.05) is 12.1 Å². The minimum Gasteiger partial charge on any atom is -0.295 e. The Labute approximate surface area is 154 Å². The van der Waals surface area contributed by atoms with Crippen molar-refractivity contribution >= 4 is 21.4 Å². The van der Waals surface area contributed by atoms with Gasteiger partial charge in [0, 0.05) is 12.6 Å². The number of sulfonamides is 1. The Morgan fingerprint density at radius 2 is 1.84 bits per heavy atom. The summed E-state index contributed by atoms with van der Waals surface area (Å²) in [4.78, 5) is 2.75. The fourth-order valence-corrected chi connectivity index (χ4v) is 5.07. The molecule has 1 aromatic carbocycles. The van der Waals surface area contributed by atoms with E-state index in [2.05, 4.69) is 33.4 Å². The third kappa shape index (κ3) is 4.70. The van der Waals surface area contributed by atoms with Crippen LogP contribution >= 0.6 is 11.3 Å². The van der Waals surface area contributed by atoms with E-state index < -0.39 is 10.0 Å². The van der Waals surface area contributed by atoms with Crippen LogP contribution in [0.2, 0.25) is 0 Å².